The van der Waals surface area contributed by atoms with E-state index in [4.69, 9.17) is 14.2 Å². The minimum Gasteiger partial charge on any atom is -0.492 e. The van der Waals surface area contributed by atoms with Gasteiger partial charge in [0.2, 0.25) is 6.79 Å². The molecule has 0 saturated heterocycles. The Hall–Kier alpha value is -2.21. The molecule has 0 fully saturated rings. The Labute approximate surface area is 200 Å². The average Bonchev–Trinajstić information content (AvgIpc) is 3.16. The quantitative estimate of drug-likeness (QED) is 0.222. The van der Waals surface area contributed by atoms with Crippen molar-refractivity contribution in [1.29, 1.82) is 0 Å². The van der Waals surface area contributed by atoms with Crippen molar-refractivity contribution in [2.45, 2.75) is 25.3 Å². The predicted octanol–water partition coefficient (Wildman–Crippen LogP) is 2.88. The van der Waals surface area contributed by atoms with Gasteiger partial charge in [-0.15, -0.1) is 24.0 Å². The van der Waals surface area contributed by atoms with Crippen LogP contribution in [0.2, 0.25) is 0 Å². The lowest BCUT2D eigenvalue weighted by Gasteiger charge is -2.12. The monoisotopic (exact) mass is 561 g/mol. The van der Waals surface area contributed by atoms with Crippen molar-refractivity contribution in [2.75, 3.05) is 32.7 Å². The van der Waals surface area contributed by atoms with E-state index in [1.54, 1.807) is 19.1 Å². The van der Waals surface area contributed by atoms with Crippen molar-refractivity contribution in [3.8, 4) is 17.2 Å². The second kappa shape index (κ2) is 11.4. The third kappa shape index (κ3) is 7.17. The number of aryl methyl sites for hydroxylation is 1. The summed E-state index contributed by atoms with van der Waals surface area (Å²) in [6.07, 6.45) is 1.21. The third-order valence-electron chi connectivity index (χ3n) is 4.41. The van der Waals surface area contributed by atoms with Crippen molar-refractivity contribution in [3.05, 3.63) is 47.5 Å². The molecule has 1 aliphatic heterocycles. The summed E-state index contributed by atoms with van der Waals surface area (Å²) < 4.78 is 39.9. The molecule has 0 atom stereocenters. The fraction of sp³-hybridized carbons (Fsp3) is 0.381. The van der Waals surface area contributed by atoms with Gasteiger partial charge >= 0.3 is 0 Å². The van der Waals surface area contributed by atoms with Gasteiger partial charge in [0.25, 0.3) is 0 Å². The number of sulfone groups is 1. The van der Waals surface area contributed by atoms with Crippen LogP contribution in [0.1, 0.15) is 18.1 Å². The van der Waals surface area contributed by atoms with Gasteiger partial charge in [-0.1, -0.05) is 12.1 Å². The van der Waals surface area contributed by atoms with Gasteiger partial charge in [-0.25, -0.2) is 13.4 Å². The summed E-state index contributed by atoms with van der Waals surface area (Å²) in [4.78, 5) is 4.91. The number of benzene rings is 2. The number of nitrogens with zero attached hydrogens (tertiary/aromatic N) is 1. The number of aliphatic imine (C=N–C) groups is 1. The maximum atomic E-state index is 11.7. The summed E-state index contributed by atoms with van der Waals surface area (Å²) in [5, 5.41) is 6.41. The first-order chi connectivity index (χ1) is 14.4. The molecule has 0 amide bonds. The molecule has 0 aliphatic carbocycles. The number of hydrogen-bond donors (Lipinski definition) is 2. The summed E-state index contributed by atoms with van der Waals surface area (Å²) in [6, 6.07) is 10.8. The van der Waals surface area contributed by atoms with Gasteiger partial charge < -0.3 is 24.8 Å². The first-order valence-corrected chi connectivity index (χ1v) is 11.6. The molecule has 0 spiro atoms. The zero-order chi connectivity index (χ0) is 21.6. The van der Waals surface area contributed by atoms with Crippen LogP contribution in [0, 0.1) is 6.92 Å². The Morgan fingerprint density at radius 3 is 2.61 bits per heavy atom. The summed E-state index contributed by atoms with van der Waals surface area (Å²) in [7, 11) is -3.22. The van der Waals surface area contributed by atoms with Crippen LogP contribution >= 0.6 is 24.0 Å². The van der Waals surface area contributed by atoms with E-state index >= 15 is 0 Å². The Morgan fingerprint density at radius 2 is 1.90 bits per heavy atom. The molecule has 0 saturated carbocycles. The van der Waals surface area contributed by atoms with Crippen molar-refractivity contribution >= 4 is 39.8 Å². The average molecular weight is 561 g/mol. The molecule has 0 bridgehead atoms. The van der Waals surface area contributed by atoms with Gasteiger partial charge in [-0.05, 0) is 43.2 Å². The van der Waals surface area contributed by atoms with Gasteiger partial charge in [-0.3, -0.25) is 0 Å². The Bertz CT molecular complexity index is 1030. The van der Waals surface area contributed by atoms with Crippen LogP contribution in [0.15, 0.2) is 46.3 Å². The summed E-state index contributed by atoms with van der Waals surface area (Å²) >= 11 is 0. The topological polar surface area (TPSA) is 98.3 Å². The van der Waals surface area contributed by atoms with Gasteiger partial charge in [-0.2, -0.15) is 0 Å². The van der Waals surface area contributed by atoms with Crippen LogP contribution < -0.4 is 24.8 Å². The van der Waals surface area contributed by atoms with Gasteiger partial charge in [0.05, 0.1) is 18.0 Å². The Kier molecular flexibility index (Phi) is 9.23. The standard InChI is InChI=1S/C21H27N3O5S.HI/c1-4-22-21(24-13-16-5-8-20(15(2)11-16)30(3,25)26)23-9-10-27-17-6-7-18-19(12-17)29-14-28-18;/h5-8,11-12H,4,9-10,13-14H2,1-3H3,(H2,22,23,24);1H. The molecule has 1 heterocycles. The SMILES string of the molecule is CCNC(=NCc1ccc(S(C)(=O)=O)c(C)c1)NCCOc1ccc2c(c1)OCO2.I. The molecule has 2 aromatic rings. The first-order valence-electron chi connectivity index (χ1n) is 9.71. The van der Waals surface area contributed by atoms with E-state index in [1.807, 2.05) is 31.2 Å². The molecule has 31 heavy (non-hydrogen) atoms. The molecule has 3 rings (SSSR count). The molecule has 0 aromatic heterocycles. The molecule has 0 radical (unpaired) electrons. The molecule has 10 heteroatoms. The molecular weight excluding hydrogens is 533 g/mol. The van der Waals surface area contributed by atoms with Crippen LogP contribution in [-0.4, -0.2) is 47.1 Å². The van der Waals surface area contributed by atoms with E-state index in [0.29, 0.717) is 42.1 Å². The molecule has 0 unspecified atom stereocenters. The van der Waals surface area contributed by atoms with Crippen molar-refractivity contribution < 1.29 is 22.6 Å². The molecule has 1 aliphatic rings. The Balaban J connectivity index is 0.00000341. The van der Waals surface area contributed by atoms with E-state index in [2.05, 4.69) is 15.6 Å². The van der Waals surface area contributed by atoms with Crippen LogP contribution in [0.3, 0.4) is 0 Å². The van der Waals surface area contributed by atoms with Crippen LogP contribution in [0.25, 0.3) is 0 Å². The number of halogens is 1. The summed E-state index contributed by atoms with van der Waals surface area (Å²) in [5.74, 6) is 2.79. The zero-order valence-electron chi connectivity index (χ0n) is 17.8. The van der Waals surface area contributed by atoms with Crippen LogP contribution in [0.4, 0.5) is 0 Å². The highest BCUT2D eigenvalue weighted by atomic mass is 127. The molecule has 2 N–H and O–H groups in total. The Morgan fingerprint density at radius 1 is 1.13 bits per heavy atom. The number of ether oxygens (including phenoxy) is 3. The number of fused-ring (bicyclic) bond motifs is 1. The van der Waals surface area contributed by atoms with Gasteiger partial charge in [0, 0.05) is 18.9 Å². The highest BCUT2D eigenvalue weighted by Crippen LogP contribution is 2.34. The van der Waals surface area contributed by atoms with Gasteiger partial charge in [0.1, 0.15) is 12.4 Å². The first kappa shape index (κ1) is 25.1. The molecule has 8 nitrogen and oxygen atoms in total. The minimum absolute atomic E-state index is 0. The lowest BCUT2D eigenvalue weighted by Crippen LogP contribution is -2.39. The second-order valence-electron chi connectivity index (χ2n) is 6.86. The van der Waals surface area contributed by atoms with Crippen LogP contribution in [0.5, 0.6) is 17.2 Å². The normalized spacial score (nSPS) is 12.8. The fourth-order valence-corrected chi connectivity index (χ4v) is 4.00. The highest BCUT2D eigenvalue weighted by molar-refractivity contribution is 14.0. The lowest BCUT2D eigenvalue weighted by atomic mass is 10.1. The molecule has 2 aromatic carbocycles. The maximum Gasteiger partial charge on any atom is 0.231 e. The van der Waals surface area contributed by atoms with Crippen LogP contribution in [-0.2, 0) is 16.4 Å². The third-order valence-corrected chi connectivity index (χ3v) is 5.67. The van der Waals surface area contributed by atoms with Gasteiger partial charge in [0.15, 0.2) is 27.3 Å². The summed E-state index contributed by atoms with van der Waals surface area (Å²) in [5.41, 5.74) is 1.66. The van der Waals surface area contributed by atoms with E-state index in [1.165, 1.54) is 6.26 Å². The van der Waals surface area contributed by atoms with Crippen molar-refractivity contribution in [2.24, 2.45) is 4.99 Å². The number of hydrogen-bond acceptors (Lipinski definition) is 6. The summed E-state index contributed by atoms with van der Waals surface area (Å²) in [6.45, 7) is 6.19. The number of guanidine groups is 1. The van der Waals surface area contributed by atoms with E-state index < -0.39 is 9.84 Å². The predicted molar refractivity (Wildman–Crippen MR) is 131 cm³/mol. The fourth-order valence-electron chi connectivity index (χ4n) is 3.04. The van der Waals surface area contributed by atoms with Crippen molar-refractivity contribution in [3.63, 3.8) is 0 Å². The lowest BCUT2D eigenvalue weighted by molar-refractivity contribution is 0.173. The number of nitrogens with one attached hydrogen (secondary N) is 2. The van der Waals surface area contributed by atoms with E-state index in [-0.39, 0.29) is 30.8 Å². The largest absolute Gasteiger partial charge is 0.492 e. The maximum absolute atomic E-state index is 11.7. The molecule has 170 valence electrons. The second-order valence-corrected chi connectivity index (χ2v) is 8.84. The minimum atomic E-state index is -3.22. The van der Waals surface area contributed by atoms with E-state index in [0.717, 1.165) is 23.4 Å². The van der Waals surface area contributed by atoms with Crippen molar-refractivity contribution in [1.82, 2.24) is 10.6 Å². The van der Waals surface area contributed by atoms with E-state index in [9.17, 15) is 8.42 Å². The zero-order valence-corrected chi connectivity index (χ0v) is 21.0. The highest BCUT2D eigenvalue weighted by Gasteiger charge is 2.13. The smallest absolute Gasteiger partial charge is 0.231 e. The number of rotatable bonds is 8. The molecular formula is C21H28IN3O5S.